The third kappa shape index (κ3) is 3.15. The minimum atomic E-state index is -0.516. The van der Waals surface area contributed by atoms with Crippen LogP contribution in [0.15, 0.2) is 48.8 Å². The lowest BCUT2D eigenvalue weighted by atomic mass is 10.2. The number of hydrogen-bond donors (Lipinski definition) is 0. The van der Waals surface area contributed by atoms with Crippen LogP contribution < -0.4 is 0 Å². The zero-order valence-corrected chi connectivity index (χ0v) is 12.1. The molecule has 0 aliphatic rings. The average Bonchev–Trinajstić information content (AvgIpc) is 3.04. The first-order valence-corrected chi connectivity index (χ1v) is 7.15. The van der Waals surface area contributed by atoms with E-state index in [1.807, 2.05) is 0 Å². The third-order valence-electron chi connectivity index (χ3n) is 2.89. The zero-order valence-electron chi connectivity index (χ0n) is 11.3. The van der Waals surface area contributed by atoms with Crippen LogP contribution in [0.4, 0.5) is 4.39 Å². The predicted molar refractivity (Wildman–Crippen MR) is 78.7 cm³/mol. The summed E-state index contributed by atoms with van der Waals surface area (Å²) in [5, 5.41) is 3.95. The van der Waals surface area contributed by atoms with Crippen molar-refractivity contribution in [1.82, 2.24) is 14.6 Å². The number of halogens is 1. The monoisotopic (exact) mass is 315 g/mol. The summed E-state index contributed by atoms with van der Waals surface area (Å²) >= 11 is 0.967. The standard InChI is InChI=1S/C15H10FN3O2S/c16-12-5-3-10(4-6-12)9-21-15(20)14-13(18-19-22-14)11-2-1-7-17-8-11/h1-8H,9H2. The molecule has 5 nitrogen and oxygen atoms in total. The highest BCUT2D eigenvalue weighted by atomic mass is 32.1. The molecule has 22 heavy (non-hydrogen) atoms. The number of aromatic nitrogens is 3. The van der Waals surface area contributed by atoms with Crippen molar-refractivity contribution in [3.63, 3.8) is 0 Å². The van der Waals surface area contributed by atoms with Gasteiger partial charge in [-0.05, 0) is 41.4 Å². The molecule has 0 amide bonds. The molecule has 0 aliphatic carbocycles. The third-order valence-corrected chi connectivity index (χ3v) is 3.60. The quantitative estimate of drug-likeness (QED) is 0.692. The highest BCUT2D eigenvalue weighted by Gasteiger charge is 2.19. The van der Waals surface area contributed by atoms with Gasteiger partial charge in [0.15, 0.2) is 4.88 Å². The van der Waals surface area contributed by atoms with Crippen molar-refractivity contribution in [3.8, 4) is 11.3 Å². The molecule has 0 aliphatic heterocycles. The first-order valence-electron chi connectivity index (χ1n) is 6.38. The van der Waals surface area contributed by atoms with Gasteiger partial charge in [0, 0.05) is 18.0 Å². The van der Waals surface area contributed by atoms with E-state index < -0.39 is 5.97 Å². The molecule has 1 aromatic carbocycles. The van der Waals surface area contributed by atoms with Crippen LogP contribution in [-0.2, 0) is 11.3 Å². The van der Waals surface area contributed by atoms with E-state index in [4.69, 9.17) is 4.74 Å². The summed E-state index contributed by atoms with van der Waals surface area (Å²) in [7, 11) is 0. The molecule has 0 saturated carbocycles. The van der Waals surface area contributed by atoms with Crippen LogP contribution in [0.1, 0.15) is 15.2 Å². The van der Waals surface area contributed by atoms with Crippen molar-refractivity contribution in [2.45, 2.75) is 6.61 Å². The van der Waals surface area contributed by atoms with Crippen LogP contribution >= 0.6 is 11.5 Å². The van der Waals surface area contributed by atoms with Crippen molar-refractivity contribution in [3.05, 3.63) is 65.0 Å². The van der Waals surface area contributed by atoms with Gasteiger partial charge in [-0.1, -0.05) is 16.6 Å². The van der Waals surface area contributed by atoms with Gasteiger partial charge in [-0.25, -0.2) is 9.18 Å². The summed E-state index contributed by atoms with van der Waals surface area (Å²) in [5.74, 6) is -0.848. The van der Waals surface area contributed by atoms with Gasteiger partial charge in [-0.15, -0.1) is 5.10 Å². The Morgan fingerprint density at radius 1 is 1.23 bits per heavy atom. The summed E-state index contributed by atoms with van der Waals surface area (Å²) in [4.78, 5) is 16.5. The predicted octanol–water partition coefficient (Wildman–Crippen LogP) is 3.10. The molecule has 2 aromatic heterocycles. The van der Waals surface area contributed by atoms with E-state index in [1.165, 1.54) is 12.1 Å². The number of carbonyl (C=O) groups excluding carboxylic acids is 1. The molecule has 3 rings (SSSR count). The smallest absolute Gasteiger partial charge is 0.352 e. The number of nitrogens with zero attached hydrogens (tertiary/aromatic N) is 3. The van der Waals surface area contributed by atoms with Gasteiger partial charge in [-0.2, -0.15) is 0 Å². The molecule has 110 valence electrons. The maximum Gasteiger partial charge on any atom is 0.352 e. The molecule has 0 fully saturated rings. The molecule has 0 N–H and O–H groups in total. The molecule has 2 heterocycles. The fourth-order valence-corrected chi connectivity index (χ4v) is 2.39. The number of ether oxygens (including phenoxy) is 1. The second-order valence-corrected chi connectivity index (χ2v) is 5.15. The van der Waals surface area contributed by atoms with E-state index in [-0.39, 0.29) is 12.4 Å². The van der Waals surface area contributed by atoms with Crippen LogP contribution in [0.2, 0.25) is 0 Å². The van der Waals surface area contributed by atoms with Gasteiger partial charge in [0.05, 0.1) is 0 Å². The summed E-state index contributed by atoms with van der Waals surface area (Å²) in [6.07, 6.45) is 3.24. The Hall–Kier alpha value is -2.67. The largest absolute Gasteiger partial charge is 0.457 e. The van der Waals surface area contributed by atoms with Crippen LogP contribution in [0, 0.1) is 5.82 Å². The van der Waals surface area contributed by atoms with Gasteiger partial charge < -0.3 is 4.74 Å². The zero-order chi connectivity index (χ0) is 15.4. The summed E-state index contributed by atoms with van der Waals surface area (Å²) < 4.78 is 21.8. The first-order chi connectivity index (χ1) is 10.7. The lowest BCUT2D eigenvalue weighted by Gasteiger charge is -2.04. The fourth-order valence-electron chi connectivity index (χ4n) is 1.81. The maximum absolute atomic E-state index is 12.8. The number of benzene rings is 1. The molecule has 0 spiro atoms. The minimum absolute atomic E-state index is 0.0590. The van der Waals surface area contributed by atoms with Crippen LogP contribution in [0.3, 0.4) is 0 Å². The Labute approximate surface area is 129 Å². The van der Waals surface area contributed by atoms with Gasteiger partial charge >= 0.3 is 5.97 Å². The second kappa shape index (κ2) is 6.40. The molecule has 0 bridgehead atoms. The normalized spacial score (nSPS) is 10.4. The SMILES string of the molecule is O=C(OCc1ccc(F)cc1)c1snnc1-c1cccnc1. The summed E-state index contributed by atoms with van der Waals surface area (Å²) in [5.41, 5.74) is 1.85. The second-order valence-electron chi connectivity index (χ2n) is 4.39. The Balaban J connectivity index is 1.73. The highest BCUT2D eigenvalue weighted by Crippen LogP contribution is 2.24. The van der Waals surface area contributed by atoms with Crippen LogP contribution in [0.25, 0.3) is 11.3 Å². The lowest BCUT2D eigenvalue weighted by Crippen LogP contribution is -2.05. The molecule has 7 heteroatoms. The Morgan fingerprint density at radius 2 is 2.05 bits per heavy atom. The molecule has 0 radical (unpaired) electrons. The first kappa shape index (κ1) is 14.3. The van der Waals surface area contributed by atoms with E-state index in [0.29, 0.717) is 21.7 Å². The number of pyridine rings is 1. The van der Waals surface area contributed by atoms with Gasteiger partial charge in [0.2, 0.25) is 0 Å². The number of hydrogen-bond acceptors (Lipinski definition) is 6. The topological polar surface area (TPSA) is 65.0 Å². The van der Waals surface area contributed by atoms with Crippen molar-refractivity contribution >= 4 is 17.5 Å². The highest BCUT2D eigenvalue weighted by molar-refractivity contribution is 7.08. The van der Waals surface area contributed by atoms with Crippen molar-refractivity contribution < 1.29 is 13.9 Å². The molecule has 0 unspecified atom stereocenters. The van der Waals surface area contributed by atoms with Crippen molar-refractivity contribution in [2.24, 2.45) is 0 Å². The summed E-state index contributed by atoms with van der Waals surface area (Å²) in [6, 6.07) is 9.31. The van der Waals surface area contributed by atoms with E-state index >= 15 is 0 Å². The van der Waals surface area contributed by atoms with Crippen LogP contribution in [-0.4, -0.2) is 20.5 Å². The van der Waals surface area contributed by atoms with Gasteiger partial charge in [0.1, 0.15) is 18.1 Å². The number of rotatable bonds is 4. The number of carbonyl (C=O) groups is 1. The fraction of sp³-hybridized carbons (Fsp3) is 0.0667. The summed E-state index contributed by atoms with van der Waals surface area (Å²) in [6.45, 7) is 0.0590. The Kier molecular flexibility index (Phi) is 4.15. The van der Waals surface area contributed by atoms with Crippen LogP contribution in [0.5, 0.6) is 0 Å². The van der Waals surface area contributed by atoms with E-state index in [2.05, 4.69) is 14.6 Å². The molecular formula is C15H10FN3O2S. The van der Waals surface area contributed by atoms with Crippen molar-refractivity contribution in [1.29, 1.82) is 0 Å². The molecular weight excluding hydrogens is 305 g/mol. The van der Waals surface area contributed by atoms with E-state index in [1.54, 1.807) is 36.7 Å². The Morgan fingerprint density at radius 3 is 2.77 bits per heavy atom. The van der Waals surface area contributed by atoms with E-state index in [9.17, 15) is 9.18 Å². The molecule has 0 saturated heterocycles. The van der Waals surface area contributed by atoms with Crippen molar-refractivity contribution in [2.75, 3.05) is 0 Å². The Bertz CT molecular complexity index is 775. The van der Waals surface area contributed by atoms with Gasteiger partial charge in [0.25, 0.3) is 0 Å². The van der Waals surface area contributed by atoms with Gasteiger partial charge in [-0.3, -0.25) is 4.98 Å². The van der Waals surface area contributed by atoms with E-state index in [0.717, 1.165) is 11.5 Å². The number of esters is 1. The lowest BCUT2D eigenvalue weighted by molar-refractivity contribution is 0.0479. The molecule has 0 atom stereocenters. The average molecular weight is 315 g/mol. The molecule has 3 aromatic rings. The maximum atomic E-state index is 12.8. The minimum Gasteiger partial charge on any atom is -0.457 e.